The maximum Gasteiger partial charge on any atom is 0.414 e. The van der Waals surface area contributed by atoms with Crippen molar-refractivity contribution in [1.29, 1.82) is 0 Å². The van der Waals surface area contributed by atoms with Crippen molar-refractivity contribution < 1.29 is 24.9 Å². The molecular formula is C24H30N2O5. The molecule has 0 aliphatic rings. The second-order valence-corrected chi connectivity index (χ2v) is 7.76. The van der Waals surface area contributed by atoms with E-state index in [9.17, 15) is 5.11 Å². The summed E-state index contributed by atoms with van der Waals surface area (Å²) >= 11 is 0. The first-order valence-electron chi connectivity index (χ1n) is 10.1. The van der Waals surface area contributed by atoms with Crippen LogP contribution in [0.5, 0.6) is 0 Å². The summed E-state index contributed by atoms with van der Waals surface area (Å²) in [5.74, 6) is -3.11. The van der Waals surface area contributed by atoms with Crippen molar-refractivity contribution in [2.75, 3.05) is 11.9 Å². The molecule has 3 aromatic rings. The van der Waals surface area contributed by atoms with Gasteiger partial charge in [0, 0.05) is 28.8 Å². The summed E-state index contributed by atoms with van der Waals surface area (Å²) in [4.78, 5) is 18.2. The molecule has 0 bridgehead atoms. The van der Waals surface area contributed by atoms with E-state index in [-0.39, 0.29) is 0 Å². The van der Waals surface area contributed by atoms with Crippen LogP contribution < -0.4 is 5.32 Å². The van der Waals surface area contributed by atoms with Gasteiger partial charge in [-0.05, 0) is 49.1 Å². The van der Waals surface area contributed by atoms with Crippen molar-refractivity contribution in [1.82, 2.24) is 4.57 Å². The van der Waals surface area contributed by atoms with Crippen molar-refractivity contribution >= 4 is 28.5 Å². The first-order valence-corrected chi connectivity index (χ1v) is 10.1. The predicted octanol–water partition coefficient (Wildman–Crippen LogP) is 4.01. The number of carboxylic acids is 2. The van der Waals surface area contributed by atoms with Gasteiger partial charge >= 0.3 is 11.9 Å². The third-order valence-corrected chi connectivity index (χ3v) is 5.24. The molecule has 7 heteroatoms. The Morgan fingerprint density at radius 1 is 0.968 bits per heavy atom. The van der Waals surface area contributed by atoms with Crippen LogP contribution in [0.25, 0.3) is 10.9 Å². The zero-order chi connectivity index (χ0) is 23.1. The number of rotatable bonds is 6. The summed E-state index contributed by atoms with van der Waals surface area (Å²) in [5.41, 5.74) is 6.09. The Balaban J connectivity index is 0.000000501. The number of aliphatic hydroxyl groups is 1. The topological polar surface area (TPSA) is 112 Å². The van der Waals surface area contributed by atoms with Gasteiger partial charge in [-0.3, -0.25) is 0 Å². The van der Waals surface area contributed by atoms with E-state index in [0.717, 1.165) is 5.69 Å². The van der Waals surface area contributed by atoms with Crippen molar-refractivity contribution in [2.45, 2.75) is 46.3 Å². The van der Waals surface area contributed by atoms with Gasteiger partial charge < -0.3 is 25.2 Å². The molecule has 0 saturated heterocycles. The fourth-order valence-electron chi connectivity index (χ4n) is 3.34. The quantitative estimate of drug-likeness (QED) is 0.443. The molecule has 1 unspecified atom stereocenters. The zero-order valence-electron chi connectivity index (χ0n) is 18.3. The van der Waals surface area contributed by atoms with Crippen LogP contribution >= 0.6 is 0 Å². The molecule has 1 aromatic heterocycles. The highest BCUT2D eigenvalue weighted by atomic mass is 16.4. The lowest BCUT2D eigenvalue weighted by Crippen LogP contribution is -2.25. The number of para-hydroxylation sites is 1. The minimum absolute atomic E-state index is 0.446. The van der Waals surface area contributed by atoms with Gasteiger partial charge in [-0.25, -0.2) is 9.59 Å². The summed E-state index contributed by atoms with van der Waals surface area (Å²) in [6.45, 7) is 9.79. The Labute approximate surface area is 182 Å². The van der Waals surface area contributed by atoms with Crippen LogP contribution in [0.3, 0.4) is 0 Å². The summed E-state index contributed by atoms with van der Waals surface area (Å²) in [7, 11) is 0. The minimum atomic E-state index is -1.82. The molecule has 0 aliphatic carbocycles. The molecular weight excluding hydrogens is 396 g/mol. The first-order chi connectivity index (χ1) is 14.6. The van der Waals surface area contributed by atoms with Crippen molar-refractivity contribution in [3.63, 3.8) is 0 Å². The number of carbonyl (C=O) groups is 2. The Morgan fingerprint density at radius 2 is 1.55 bits per heavy atom. The van der Waals surface area contributed by atoms with E-state index in [1.54, 1.807) is 0 Å². The van der Waals surface area contributed by atoms with Crippen LogP contribution in [0, 0.1) is 13.8 Å². The number of nitrogens with zero attached hydrogens (tertiary/aromatic N) is 1. The summed E-state index contributed by atoms with van der Waals surface area (Å²) in [6.07, 6.45) is -0.446. The van der Waals surface area contributed by atoms with Gasteiger partial charge in [-0.2, -0.15) is 0 Å². The Kier molecular flexibility index (Phi) is 8.22. The Morgan fingerprint density at radius 3 is 2.10 bits per heavy atom. The normalized spacial score (nSPS) is 11.7. The van der Waals surface area contributed by atoms with Gasteiger partial charge in [0.2, 0.25) is 0 Å². The van der Waals surface area contributed by atoms with Gasteiger partial charge in [-0.1, -0.05) is 44.2 Å². The van der Waals surface area contributed by atoms with Crippen molar-refractivity contribution in [3.8, 4) is 0 Å². The Bertz CT molecular complexity index is 1030. The lowest BCUT2D eigenvalue weighted by atomic mass is 10.0. The number of anilines is 1. The second kappa shape index (κ2) is 10.6. The SMILES string of the molecule is Cc1c(C)n(CC(O)CNc2ccc(C(C)C)cc2)c2ccccc12.O=C(O)C(=O)O. The van der Waals surface area contributed by atoms with E-state index in [2.05, 4.69) is 86.1 Å². The van der Waals surface area contributed by atoms with Gasteiger partial charge in [-0.15, -0.1) is 0 Å². The molecule has 7 nitrogen and oxygen atoms in total. The summed E-state index contributed by atoms with van der Waals surface area (Å²) < 4.78 is 2.22. The molecule has 0 saturated carbocycles. The molecule has 31 heavy (non-hydrogen) atoms. The van der Waals surface area contributed by atoms with Crippen LogP contribution in [0.4, 0.5) is 5.69 Å². The van der Waals surface area contributed by atoms with E-state index in [1.165, 1.54) is 27.7 Å². The summed E-state index contributed by atoms with van der Waals surface area (Å²) in [6, 6.07) is 16.9. The number of benzene rings is 2. The number of hydrogen-bond donors (Lipinski definition) is 4. The van der Waals surface area contributed by atoms with Crippen LogP contribution in [0.2, 0.25) is 0 Å². The lowest BCUT2D eigenvalue weighted by molar-refractivity contribution is -0.159. The second-order valence-electron chi connectivity index (χ2n) is 7.76. The van der Waals surface area contributed by atoms with E-state index < -0.39 is 18.0 Å². The molecule has 1 atom stereocenters. The number of aryl methyl sites for hydroxylation is 1. The number of hydrogen-bond acceptors (Lipinski definition) is 4. The largest absolute Gasteiger partial charge is 0.473 e. The van der Waals surface area contributed by atoms with Crippen LogP contribution in [0.15, 0.2) is 48.5 Å². The third kappa shape index (κ3) is 6.33. The molecule has 0 amide bonds. The highest BCUT2D eigenvalue weighted by molar-refractivity contribution is 6.27. The molecule has 0 radical (unpaired) electrons. The van der Waals surface area contributed by atoms with Crippen LogP contribution in [0.1, 0.15) is 36.6 Å². The number of carboxylic acid groups (broad SMARTS) is 2. The molecule has 1 heterocycles. The maximum absolute atomic E-state index is 10.5. The fourth-order valence-corrected chi connectivity index (χ4v) is 3.34. The molecule has 2 aromatic carbocycles. The van der Waals surface area contributed by atoms with Gasteiger partial charge in [0.15, 0.2) is 0 Å². The number of fused-ring (bicyclic) bond motifs is 1. The van der Waals surface area contributed by atoms with Crippen LogP contribution in [-0.2, 0) is 16.1 Å². The number of aliphatic hydroxyl groups excluding tert-OH is 1. The van der Waals surface area contributed by atoms with Crippen LogP contribution in [-0.4, -0.2) is 44.5 Å². The number of aromatic nitrogens is 1. The van der Waals surface area contributed by atoms with E-state index in [4.69, 9.17) is 19.8 Å². The third-order valence-electron chi connectivity index (χ3n) is 5.24. The fraction of sp³-hybridized carbons (Fsp3) is 0.333. The summed E-state index contributed by atoms with van der Waals surface area (Å²) in [5, 5.41) is 29.9. The first kappa shape index (κ1) is 24.0. The smallest absolute Gasteiger partial charge is 0.414 e. The van der Waals surface area contributed by atoms with Crippen molar-refractivity contribution in [3.05, 3.63) is 65.4 Å². The van der Waals surface area contributed by atoms with Gasteiger partial charge in [0.05, 0.1) is 12.6 Å². The average molecular weight is 427 g/mol. The van der Waals surface area contributed by atoms with E-state index >= 15 is 0 Å². The highest BCUT2D eigenvalue weighted by Crippen LogP contribution is 2.25. The number of aliphatic carboxylic acids is 2. The zero-order valence-corrected chi connectivity index (χ0v) is 18.3. The van der Waals surface area contributed by atoms with Gasteiger partial charge in [0.1, 0.15) is 0 Å². The van der Waals surface area contributed by atoms with Gasteiger partial charge in [0.25, 0.3) is 0 Å². The molecule has 166 valence electrons. The monoisotopic (exact) mass is 426 g/mol. The molecule has 4 N–H and O–H groups in total. The molecule has 0 aliphatic heterocycles. The minimum Gasteiger partial charge on any atom is -0.473 e. The molecule has 0 spiro atoms. The predicted molar refractivity (Wildman–Crippen MR) is 122 cm³/mol. The highest BCUT2D eigenvalue weighted by Gasteiger charge is 2.13. The average Bonchev–Trinajstić information content (AvgIpc) is 2.98. The standard InChI is InChI=1S/C22H28N2O.C2H2O4/c1-15(2)18-9-11-19(12-10-18)23-13-20(25)14-24-17(4)16(3)21-7-5-6-8-22(21)24;3-1(4)2(5)6/h5-12,15,20,23,25H,13-14H2,1-4H3;(H,3,4)(H,5,6). The lowest BCUT2D eigenvalue weighted by Gasteiger charge is -2.16. The molecule has 0 fully saturated rings. The molecule has 3 rings (SSSR count). The Hall–Kier alpha value is -3.32. The van der Waals surface area contributed by atoms with E-state index in [1.807, 2.05) is 0 Å². The number of nitrogens with one attached hydrogen (secondary N) is 1. The maximum atomic E-state index is 10.5. The van der Waals surface area contributed by atoms with Crippen molar-refractivity contribution in [2.24, 2.45) is 0 Å². The van der Waals surface area contributed by atoms with E-state index in [0.29, 0.717) is 19.0 Å².